The minimum absolute atomic E-state index is 0.132. The highest BCUT2D eigenvalue weighted by molar-refractivity contribution is 7.07. The molecule has 0 aliphatic heterocycles. The fraction of sp³-hybridized carbons (Fsp3) is 0.462. The first-order chi connectivity index (χ1) is 9.72. The first-order valence-electron chi connectivity index (χ1n) is 6.58. The molecule has 1 unspecified atom stereocenters. The molecule has 2 rings (SSSR count). The Morgan fingerprint density at radius 3 is 2.75 bits per heavy atom. The first kappa shape index (κ1) is 14.5. The summed E-state index contributed by atoms with van der Waals surface area (Å²) in [5.74, 6) is 1.00. The molecule has 2 N–H and O–H groups in total. The number of ether oxygens (including phenoxy) is 1. The van der Waals surface area contributed by atoms with Crippen molar-refractivity contribution < 1.29 is 4.74 Å². The van der Waals surface area contributed by atoms with Gasteiger partial charge < -0.3 is 15.4 Å². The van der Waals surface area contributed by atoms with Crippen molar-refractivity contribution in [3.05, 3.63) is 22.4 Å². The van der Waals surface area contributed by atoms with Crippen LogP contribution >= 0.6 is 11.3 Å². The molecule has 2 heterocycles. The molecule has 7 heteroatoms. The summed E-state index contributed by atoms with van der Waals surface area (Å²) in [5, 5.41) is 10.3. The second-order valence-electron chi connectivity index (χ2n) is 4.29. The molecule has 2 aromatic heterocycles. The minimum Gasteiger partial charge on any atom is -0.463 e. The molecule has 0 saturated heterocycles. The predicted octanol–water partition coefficient (Wildman–Crippen LogP) is 2.94. The molecular formula is C13H19N5OS. The second-order valence-corrected chi connectivity index (χ2v) is 5.07. The quantitative estimate of drug-likeness (QED) is 0.818. The van der Waals surface area contributed by atoms with Crippen LogP contribution in [0.5, 0.6) is 6.01 Å². The largest absolute Gasteiger partial charge is 0.463 e. The number of aromatic nitrogens is 3. The van der Waals surface area contributed by atoms with Crippen molar-refractivity contribution in [3.63, 3.8) is 0 Å². The molecule has 20 heavy (non-hydrogen) atoms. The van der Waals surface area contributed by atoms with Crippen LogP contribution in [-0.2, 0) is 0 Å². The summed E-state index contributed by atoms with van der Waals surface area (Å²) in [4.78, 5) is 12.7. The van der Waals surface area contributed by atoms with E-state index in [1.807, 2.05) is 6.92 Å². The molecule has 1 atom stereocenters. The summed E-state index contributed by atoms with van der Waals surface area (Å²) < 4.78 is 5.47. The van der Waals surface area contributed by atoms with Gasteiger partial charge in [0.05, 0.1) is 12.6 Å². The Bertz CT molecular complexity index is 532. The van der Waals surface area contributed by atoms with Crippen LogP contribution in [0.15, 0.2) is 16.8 Å². The minimum atomic E-state index is 0.132. The van der Waals surface area contributed by atoms with E-state index in [0.717, 1.165) is 6.42 Å². The molecule has 0 aliphatic rings. The average molecular weight is 293 g/mol. The molecule has 0 spiro atoms. The van der Waals surface area contributed by atoms with Gasteiger partial charge in [-0.1, -0.05) is 6.92 Å². The lowest BCUT2D eigenvalue weighted by Gasteiger charge is -2.13. The van der Waals surface area contributed by atoms with Crippen molar-refractivity contribution >= 4 is 23.2 Å². The zero-order valence-electron chi connectivity index (χ0n) is 11.9. The van der Waals surface area contributed by atoms with Gasteiger partial charge in [-0.15, -0.1) is 0 Å². The zero-order chi connectivity index (χ0) is 14.4. The molecule has 0 bridgehead atoms. The number of nitrogens with one attached hydrogen (secondary N) is 2. The van der Waals surface area contributed by atoms with Gasteiger partial charge in [0.2, 0.25) is 11.9 Å². The third-order valence-electron chi connectivity index (χ3n) is 2.66. The maximum absolute atomic E-state index is 5.47. The van der Waals surface area contributed by atoms with Crippen molar-refractivity contribution in [1.82, 2.24) is 15.0 Å². The fourth-order valence-electron chi connectivity index (χ4n) is 1.59. The summed E-state index contributed by atoms with van der Waals surface area (Å²) in [6.07, 6.45) is 0.911. The Balaban J connectivity index is 2.13. The van der Waals surface area contributed by atoms with Crippen LogP contribution in [0, 0.1) is 0 Å². The fourth-order valence-corrected chi connectivity index (χ4v) is 2.34. The molecule has 108 valence electrons. The van der Waals surface area contributed by atoms with Crippen LogP contribution in [0.25, 0.3) is 0 Å². The molecular weight excluding hydrogens is 274 g/mol. The predicted molar refractivity (Wildman–Crippen MR) is 81.5 cm³/mol. The average Bonchev–Trinajstić information content (AvgIpc) is 2.99. The Labute approximate surface area is 122 Å². The molecule has 0 radical (unpaired) electrons. The normalized spacial score (nSPS) is 11.9. The van der Waals surface area contributed by atoms with Crippen molar-refractivity contribution in [2.24, 2.45) is 0 Å². The van der Waals surface area contributed by atoms with E-state index in [2.05, 4.69) is 49.3 Å². The Kier molecular flexibility index (Phi) is 5.11. The van der Waals surface area contributed by atoms with E-state index >= 15 is 0 Å². The van der Waals surface area contributed by atoms with E-state index < -0.39 is 0 Å². The lowest BCUT2D eigenvalue weighted by atomic mass is 10.2. The summed E-state index contributed by atoms with van der Waals surface area (Å²) >= 11 is 1.67. The molecule has 0 fully saturated rings. The molecule has 0 amide bonds. The van der Waals surface area contributed by atoms with E-state index in [-0.39, 0.29) is 6.04 Å². The topological polar surface area (TPSA) is 72.0 Å². The van der Waals surface area contributed by atoms with Gasteiger partial charge >= 0.3 is 6.01 Å². The van der Waals surface area contributed by atoms with E-state index in [0.29, 0.717) is 24.5 Å². The Morgan fingerprint density at radius 1 is 1.30 bits per heavy atom. The number of nitrogens with zero attached hydrogens (tertiary/aromatic N) is 3. The summed E-state index contributed by atoms with van der Waals surface area (Å²) in [6.45, 7) is 4.70. The first-order valence-corrected chi connectivity index (χ1v) is 7.52. The number of hydrogen-bond acceptors (Lipinski definition) is 7. The van der Waals surface area contributed by atoms with Gasteiger partial charge in [0.25, 0.3) is 0 Å². The van der Waals surface area contributed by atoms with E-state index in [1.54, 1.807) is 18.4 Å². The van der Waals surface area contributed by atoms with Crippen LogP contribution in [-0.4, -0.2) is 28.6 Å². The highest BCUT2D eigenvalue weighted by atomic mass is 32.1. The van der Waals surface area contributed by atoms with Gasteiger partial charge in [-0.05, 0) is 35.7 Å². The lowest BCUT2D eigenvalue weighted by molar-refractivity contribution is 0.292. The second kappa shape index (κ2) is 7.04. The van der Waals surface area contributed by atoms with Crippen molar-refractivity contribution in [2.45, 2.75) is 26.3 Å². The van der Waals surface area contributed by atoms with Crippen LogP contribution in [0.3, 0.4) is 0 Å². The molecule has 0 aromatic carbocycles. The van der Waals surface area contributed by atoms with Crippen LogP contribution in [0.4, 0.5) is 11.9 Å². The molecule has 0 saturated carbocycles. The smallest absolute Gasteiger partial charge is 0.323 e. The monoisotopic (exact) mass is 293 g/mol. The van der Waals surface area contributed by atoms with Gasteiger partial charge in [-0.2, -0.15) is 26.3 Å². The van der Waals surface area contributed by atoms with Crippen molar-refractivity contribution in [2.75, 3.05) is 24.3 Å². The van der Waals surface area contributed by atoms with Gasteiger partial charge in [0, 0.05) is 7.05 Å². The number of thiophene rings is 1. The molecule has 0 aliphatic carbocycles. The molecule has 6 nitrogen and oxygen atoms in total. The van der Waals surface area contributed by atoms with E-state index in [9.17, 15) is 0 Å². The molecule has 2 aromatic rings. The van der Waals surface area contributed by atoms with Gasteiger partial charge in [0.1, 0.15) is 0 Å². The number of hydrogen-bond donors (Lipinski definition) is 2. The van der Waals surface area contributed by atoms with Gasteiger partial charge in [-0.3, -0.25) is 0 Å². The lowest BCUT2D eigenvalue weighted by Crippen LogP contribution is -2.12. The van der Waals surface area contributed by atoms with Crippen LogP contribution < -0.4 is 15.4 Å². The summed E-state index contributed by atoms with van der Waals surface area (Å²) in [7, 11) is 1.77. The van der Waals surface area contributed by atoms with Gasteiger partial charge in [-0.25, -0.2) is 0 Å². The highest BCUT2D eigenvalue weighted by Gasteiger charge is 2.11. The third-order valence-corrected chi connectivity index (χ3v) is 3.36. The van der Waals surface area contributed by atoms with Gasteiger partial charge in [0.15, 0.2) is 0 Å². The number of rotatable bonds is 7. The van der Waals surface area contributed by atoms with Crippen molar-refractivity contribution in [1.29, 1.82) is 0 Å². The highest BCUT2D eigenvalue weighted by Crippen LogP contribution is 2.20. The Morgan fingerprint density at radius 2 is 2.10 bits per heavy atom. The summed E-state index contributed by atoms with van der Waals surface area (Å²) in [6, 6.07) is 2.55. The maximum Gasteiger partial charge on any atom is 0.323 e. The zero-order valence-corrected chi connectivity index (χ0v) is 12.7. The maximum atomic E-state index is 5.47. The van der Waals surface area contributed by atoms with E-state index in [1.165, 1.54) is 5.56 Å². The number of anilines is 2. The Hall–Kier alpha value is -1.89. The van der Waals surface area contributed by atoms with E-state index in [4.69, 9.17) is 4.74 Å². The SMILES string of the molecule is CCCOc1nc(NC)nc(NC(C)c2ccsc2)n1. The standard InChI is InChI=1S/C13H19N5OS/c1-4-6-19-13-17-11(14-3)16-12(18-13)15-9(2)10-5-7-20-8-10/h5,7-9H,4,6H2,1-3H3,(H2,14,15,16,17,18). The van der Waals surface area contributed by atoms with Crippen molar-refractivity contribution in [3.8, 4) is 6.01 Å². The third kappa shape index (κ3) is 3.80. The van der Waals surface area contributed by atoms with Crippen LogP contribution in [0.2, 0.25) is 0 Å². The summed E-state index contributed by atoms with van der Waals surface area (Å²) in [5.41, 5.74) is 1.21. The van der Waals surface area contributed by atoms with Crippen LogP contribution in [0.1, 0.15) is 31.9 Å².